The number of aryl methyl sites for hydroxylation is 1. The molecule has 2 rings (SSSR count). The Balaban J connectivity index is 1.87. The minimum absolute atomic E-state index is 0.0754. The van der Waals surface area contributed by atoms with E-state index in [0.717, 1.165) is 5.56 Å². The van der Waals surface area contributed by atoms with Gasteiger partial charge in [-0.2, -0.15) is 8.78 Å². The Morgan fingerprint density at radius 1 is 1.16 bits per heavy atom. The topological polar surface area (TPSA) is 64.6 Å². The molecule has 0 saturated carbocycles. The smallest absolute Gasteiger partial charge is 0.387 e. The van der Waals surface area contributed by atoms with Crippen LogP contribution in [-0.4, -0.2) is 25.1 Å². The van der Waals surface area contributed by atoms with E-state index < -0.39 is 25.1 Å². The molecule has 0 aliphatic carbocycles. The van der Waals surface area contributed by atoms with Crippen LogP contribution in [0.2, 0.25) is 0 Å². The number of hydrogen-bond donors (Lipinski definition) is 1. The molecule has 8 heteroatoms. The normalized spacial score (nSPS) is 10.4. The van der Waals surface area contributed by atoms with Crippen molar-refractivity contribution in [2.24, 2.45) is 0 Å². The Labute approximate surface area is 151 Å². The Hall–Kier alpha value is -2.48. The Morgan fingerprint density at radius 3 is 2.44 bits per heavy atom. The Morgan fingerprint density at radius 2 is 1.84 bits per heavy atom. The summed E-state index contributed by atoms with van der Waals surface area (Å²) in [5.74, 6) is -1.33. The lowest BCUT2D eigenvalue weighted by Gasteiger charge is -2.09. The number of benzene rings is 2. The van der Waals surface area contributed by atoms with Crippen molar-refractivity contribution in [2.45, 2.75) is 13.5 Å². The highest BCUT2D eigenvalue weighted by atomic mass is 79.9. The molecule has 2 aromatic carbocycles. The van der Waals surface area contributed by atoms with Crippen LogP contribution in [0.1, 0.15) is 15.9 Å². The molecule has 0 aromatic heterocycles. The van der Waals surface area contributed by atoms with Gasteiger partial charge in [-0.1, -0.05) is 6.07 Å². The molecule has 0 fully saturated rings. The van der Waals surface area contributed by atoms with E-state index >= 15 is 0 Å². The molecule has 0 radical (unpaired) electrons. The molecule has 2 aromatic rings. The molecule has 0 saturated heterocycles. The summed E-state index contributed by atoms with van der Waals surface area (Å²) in [5.41, 5.74) is 1.70. The van der Waals surface area contributed by atoms with E-state index in [4.69, 9.17) is 4.74 Å². The predicted octanol–water partition coefficient (Wildman–Crippen LogP) is 4.15. The van der Waals surface area contributed by atoms with E-state index in [1.165, 1.54) is 24.3 Å². The summed E-state index contributed by atoms with van der Waals surface area (Å²) in [5, 5.41) is 2.61. The molecule has 0 bridgehead atoms. The van der Waals surface area contributed by atoms with Gasteiger partial charge in [0.05, 0.1) is 11.3 Å². The fourth-order valence-corrected chi connectivity index (χ4v) is 2.49. The summed E-state index contributed by atoms with van der Waals surface area (Å²) in [6.45, 7) is -1.51. The number of hydrogen-bond acceptors (Lipinski definition) is 4. The first-order valence-corrected chi connectivity index (χ1v) is 7.92. The molecular weight excluding hydrogens is 400 g/mol. The van der Waals surface area contributed by atoms with Crippen molar-refractivity contribution in [1.82, 2.24) is 0 Å². The second-order valence-corrected chi connectivity index (χ2v) is 5.86. The van der Waals surface area contributed by atoms with Crippen LogP contribution >= 0.6 is 15.9 Å². The summed E-state index contributed by atoms with van der Waals surface area (Å²) in [6, 6.07) is 10.4. The largest absolute Gasteiger partial charge is 0.452 e. The molecule has 0 unspecified atom stereocenters. The quantitative estimate of drug-likeness (QED) is 0.722. The number of esters is 1. The number of carbonyl (C=O) groups is 2. The van der Waals surface area contributed by atoms with E-state index in [1.807, 2.05) is 19.1 Å². The average molecular weight is 414 g/mol. The van der Waals surface area contributed by atoms with Crippen LogP contribution in [0.25, 0.3) is 0 Å². The van der Waals surface area contributed by atoms with Crippen LogP contribution in [0.4, 0.5) is 14.5 Å². The van der Waals surface area contributed by atoms with E-state index in [9.17, 15) is 18.4 Å². The molecule has 132 valence electrons. The molecule has 5 nitrogen and oxygen atoms in total. The van der Waals surface area contributed by atoms with Crippen LogP contribution < -0.4 is 10.1 Å². The second kappa shape index (κ2) is 8.57. The number of ether oxygens (including phenoxy) is 2. The maximum atomic E-state index is 12.1. The summed E-state index contributed by atoms with van der Waals surface area (Å²) < 4.78 is 33.9. The van der Waals surface area contributed by atoms with E-state index in [1.54, 1.807) is 6.07 Å². The summed E-state index contributed by atoms with van der Waals surface area (Å²) in [4.78, 5) is 23.7. The number of nitrogens with one attached hydrogen (secondary N) is 1. The van der Waals surface area contributed by atoms with Crippen molar-refractivity contribution < 1.29 is 27.8 Å². The number of halogens is 3. The van der Waals surface area contributed by atoms with Crippen molar-refractivity contribution >= 4 is 33.5 Å². The van der Waals surface area contributed by atoms with E-state index in [-0.39, 0.29) is 11.3 Å². The third-order valence-corrected chi connectivity index (χ3v) is 3.70. The molecule has 0 atom stereocenters. The van der Waals surface area contributed by atoms with Crippen LogP contribution in [-0.2, 0) is 9.53 Å². The molecule has 0 aliphatic rings. The average Bonchev–Trinajstić information content (AvgIpc) is 2.55. The lowest BCUT2D eigenvalue weighted by molar-refractivity contribution is -0.119. The zero-order valence-electron chi connectivity index (χ0n) is 13.1. The molecule has 1 amide bonds. The Kier molecular flexibility index (Phi) is 6.46. The van der Waals surface area contributed by atoms with Crippen molar-refractivity contribution in [3.63, 3.8) is 0 Å². The highest BCUT2D eigenvalue weighted by molar-refractivity contribution is 9.10. The summed E-state index contributed by atoms with van der Waals surface area (Å²) in [6.07, 6.45) is 0. The van der Waals surface area contributed by atoms with Crippen LogP contribution in [0.5, 0.6) is 5.75 Å². The maximum absolute atomic E-state index is 12.1. The SMILES string of the molecule is Cc1ccc(NC(=O)COC(=O)c2ccc(OC(F)F)cc2)c(Br)c1. The minimum atomic E-state index is -2.94. The molecule has 0 heterocycles. The first-order valence-electron chi connectivity index (χ1n) is 7.13. The van der Waals surface area contributed by atoms with Crippen molar-refractivity contribution in [1.29, 1.82) is 0 Å². The lowest BCUT2D eigenvalue weighted by atomic mass is 10.2. The van der Waals surface area contributed by atoms with E-state index in [2.05, 4.69) is 26.0 Å². The van der Waals surface area contributed by atoms with Gasteiger partial charge in [-0.15, -0.1) is 0 Å². The fourth-order valence-electron chi connectivity index (χ4n) is 1.89. The van der Waals surface area contributed by atoms with Crippen LogP contribution in [0.15, 0.2) is 46.9 Å². The fraction of sp³-hybridized carbons (Fsp3) is 0.176. The van der Waals surface area contributed by atoms with Crippen molar-refractivity contribution in [3.05, 3.63) is 58.1 Å². The monoisotopic (exact) mass is 413 g/mol. The zero-order chi connectivity index (χ0) is 18.4. The molecule has 0 aliphatic heterocycles. The van der Waals surface area contributed by atoms with Crippen molar-refractivity contribution in [2.75, 3.05) is 11.9 Å². The van der Waals surface area contributed by atoms with Gasteiger partial charge in [0, 0.05) is 4.47 Å². The van der Waals surface area contributed by atoms with Gasteiger partial charge in [0.2, 0.25) is 0 Å². The number of amides is 1. The summed E-state index contributed by atoms with van der Waals surface area (Å²) in [7, 11) is 0. The first-order chi connectivity index (χ1) is 11.8. The van der Waals surface area contributed by atoms with Gasteiger partial charge in [0.1, 0.15) is 5.75 Å². The van der Waals surface area contributed by atoms with Gasteiger partial charge in [-0.25, -0.2) is 4.79 Å². The van der Waals surface area contributed by atoms with E-state index in [0.29, 0.717) is 10.2 Å². The number of rotatable bonds is 6. The van der Waals surface area contributed by atoms with Gasteiger partial charge in [0.25, 0.3) is 5.91 Å². The lowest BCUT2D eigenvalue weighted by Crippen LogP contribution is -2.21. The maximum Gasteiger partial charge on any atom is 0.387 e. The van der Waals surface area contributed by atoms with Crippen molar-refractivity contribution in [3.8, 4) is 5.75 Å². The van der Waals surface area contributed by atoms with Crippen LogP contribution in [0, 0.1) is 6.92 Å². The Bertz CT molecular complexity index is 766. The molecule has 25 heavy (non-hydrogen) atoms. The van der Waals surface area contributed by atoms with Crippen LogP contribution in [0.3, 0.4) is 0 Å². The number of anilines is 1. The molecule has 1 N–H and O–H groups in total. The minimum Gasteiger partial charge on any atom is -0.452 e. The predicted molar refractivity (Wildman–Crippen MR) is 90.9 cm³/mol. The first kappa shape index (κ1) is 18.9. The van der Waals surface area contributed by atoms with Gasteiger partial charge < -0.3 is 14.8 Å². The number of carbonyl (C=O) groups excluding carboxylic acids is 2. The van der Waals surface area contributed by atoms with Gasteiger partial charge in [0.15, 0.2) is 6.61 Å². The molecule has 0 spiro atoms. The summed E-state index contributed by atoms with van der Waals surface area (Å²) >= 11 is 3.33. The molecular formula is C17H14BrF2NO4. The highest BCUT2D eigenvalue weighted by Gasteiger charge is 2.12. The number of alkyl halides is 2. The third kappa shape index (κ3) is 5.82. The van der Waals surface area contributed by atoms with Gasteiger partial charge in [-0.05, 0) is 64.8 Å². The third-order valence-electron chi connectivity index (χ3n) is 3.05. The van der Waals surface area contributed by atoms with Gasteiger partial charge in [-0.3, -0.25) is 4.79 Å². The standard InChI is InChI=1S/C17H14BrF2NO4/c1-10-2-7-14(13(18)8-10)21-15(22)9-24-16(23)11-3-5-12(6-4-11)25-17(19)20/h2-8,17H,9H2,1H3,(H,21,22). The highest BCUT2D eigenvalue weighted by Crippen LogP contribution is 2.23. The zero-order valence-corrected chi connectivity index (χ0v) is 14.7. The van der Waals surface area contributed by atoms with Gasteiger partial charge >= 0.3 is 12.6 Å². The second-order valence-electron chi connectivity index (χ2n) is 5.01.